The summed E-state index contributed by atoms with van der Waals surface area (Å²) in [6.07, 6.45) is -1.70. The van der Waals surface area contributed by atoms with Gasteiger partial charge in [-0.1, -0.05) is 25.0 Å². The maximum atomic E-state index is 12.7. The van der Waals surface area contributed by atoms with Gasteiger partial charge in [0.15, 0.2) is 5.78 Å². The summed E-state index contributed by atoms with van der Waals surface area (Å²) in [6.45, 7) is 0. The van der Waals surface area contributed by atoms with Crippen molar-refractivity contribution >= 4 is 11.8 Å². The third-order valence-electron chi connectivity index (χ3n) is 4.19. The van der Waals surface area contributed by atoms with Crippen LogP contribution in [0.5, 0.6) is 0 Å². The van der Waals surface area contributed by atoms with E-state index >= 15 is 0 Å². The fraction of sp³-hybridized carbons (Fsp3) is 0.500. The normalized spacial score (nSPS) is 22.3. The molecule has 3 nitrogen and oxygen atoms in total. The third kappa shape index (κ3) is 3.87. The Kier molecular flexibility index (Phi) is 4.88. The number of benzene rings is 1. The van der Waals surface area contributed by atoms with Crippen molar-refractivity contribution < 1.29 is 27.9 Å². The van der Waals surface area contributed by atoms with Crippen molar-refractivity contribution in [1.82, 2.24) is 0 Å². The molecule has 1 aliphatic carbocycles. The SMILES string of the molecule is O=C(C[C@H]1CCCC[C@H]1C(=O)O)c1cccc(C(F)(F)F)c1. The smallest absolute Gasteiger partial charge is 0.416 e. The summed E-state index contributed by atoms with van der Waals surface area (Å²) in [7, 11) is 0. The Hall–Kier alpha value is -1.85. The highest BCUT2D eigenvalue weighted by molar-refractivity contribution is 5.96. The minimum absolute atomic E-state index is 0.00969. The molecule has 2 rings (SSSR count). The Balaban J connectivity index is 2.13. The Bertz CT molecular complexity index is 566. The van der Waals surface area contributed by atoms with Gasteiger partial charge in [-0.05, 0) is 30.9 Å². The van der Waals surface area contributed by atoms with E-state index in [-0.39, 0.29) is 17.9 Å². The van der Waals surface area contributed by atoms with E-state index in [0.29, 0.717) is 12.8 Å². The minimum Gasteiger partial charge on any atom is -0.481 e. The number of rotatable bonds is 4. The summed E-state index contributed by atoms with van der Waals surface area (Å²) in [6, 6.07) is 4.29. The first kappa shape index (κ1) is 16.5. The molecule has 0 spiro atoms. The zero-order chi connectivity index (χ0) is 16.3. The van der Waals surface area contributed by atoms with Crippen molar-refractivity contribution in [3.63, 3.8) is 0 Å². The Labute approximate surface area is 126 Å². The molecule has 120 valence electrons. The maximum Gasteiger partial charge on any atom is 0.416 e. The van der Waals surface area contributed by atoms with Gasteiger partial charge in [-0.25, -0.2) is 0 Å². The number of carboxylic acid groups (broad SMARTS) is 1. The standard InChI is InChI=1S/C16H17F3O3/c17-16(18,19)12-6-3-5-11(8-12)14(20)9-10-4-1-2-7-13(10)15(21)22/h3,5-6,8,10,13H,1-2,4,7,9H2,(H,21,22)/t10-,13-/m1/s1. The Morgan fingerprint density at radius 3 is 2.50 bits per heavy atom. The van der Waals surface area contributed by atoms with E-state index in [0.717, 1.165) is 25.0 Å². The molecule has 1 saturated carbocycles. The van der Waals surface area contributed by atoms with E-state index < -0.39 is 29.4 Å². The van der Waals surface area contributed by atoms with E-state index in [4.69, 9.17) is 0 Å². The number of carbonyl (C=O) groups is 2. The van der Waals surface area contributed by atoms with Crippen LogP contribution >= 0.6 is 0 Å². The molecule has 6 heteroatoms. The molecule has 0 saturated heterocycles. The van der Waals surface area contributed by atoms with E-state index in [1.807, 2.05) is 0 Å². The van der Waals surface area contributed by atoms with Gasteiger partial charge >= 0.3 is 12.1 Å². The van der Waals surface area contributed by atoms with Gasteiger partial charge in [0.05, 0.1) is 11.5 Å². The summed E-state index contributed by atoms with van der Waals surface area (Å²) in [4.78, 5) is 23.4. The fourth-order valence-corrected chi connectivity index (χ4v) is 3.00. The molecule has 22 heavy (non-hydrogen) atoms. The van der Waals surface area contributed by atoms with Crippen LogP contribution in [0.25, 0.3) is 0 Å². The predicted molar refractivity (Wildman–Crippen MR) is 73.5 cm³/mol. The molecular formula is C16H17F3O3. The summed E-state index contributed by atoms with van der Waals surface area (Å²) in [5.41, 5.74) is -0.874. The zero-order valence-electron chi connectivity index (χ0n) is 11.9. The summed E-state index contributed by atoms with van der Waals surface area (Å²) in [5, 5.41) is 9.18. The summed E-state index contributed by atoms with van der Waals surface area (Å²) >= 11 is 0. The van der Waals surface area contributed by atoms with Crippen LogP contribution in [0.1, 0.15) is 48.0 Å². The lowest BCUT2D eigenvalue weighted by atomic mass is 9.76. The van der Waals surface area contributed by atoms with E-state index in [2.05, 4.69) is 0 Å². The van der Waals surface area contributed by atoms with Crippen LogP contribution in [0, 0.1) is 11.8 Å². The fourth-order valence-electron chi connectivity index (χ4n) is 3.00. The number of halogens is 3. The molecule has 0 aromatic heterocycles. The molecular weight excluding hydrogens is 297 g/mol. The monoisotopic (exact) mass is 314 g/mol. The number of hydrogen-bond donors (Lipinski definition) is 1. The topological polar surface area (TPSA) is 54.4 Å². The summed E-state index contributed by atoms with van der Waals surface area (Å²) in [5.74, 6) is -2.23. The van der Waals surface area contributed by atoms with Crippen molar-refractivity contribution in [3.05, 3.63) is 35.4 Å². The number of carbonyl (C=O) groups excluding carboxylic acids is 1. The van der Waals surface area contributed by atoms with Crippen LogP contribution in [0.3, 0.4) is 0 Å². The molecule has 0 amide bonds. The average Bonchev–Trinajstić information content (AvgIpc) is 2.47. The number of Topliss-reactive ketones (excluding diaryl/α,β-unsaturated/α-hetero) is 1. The van der Waals surface area contributed by atoms with Gasteiger partial charge in [-0.2, -0.15) is 13.2 Å². The van der Waals surface area contributed by atoms with Crippen molar-refractivity contribution in [1.29, 1.82) is 0 Å². The zero-order valence-corrected chi connectivity index (χ0v) is 11.9. The van der Waals surface area contributed by atoms with Crippen molar-refractivity contribution in [2.75, 3.05) is 0 Å². The van der Waals surface area contributed by atoms with E-state index in [1.54, 1.807) is 0 Å². The second kappa shape index (κ2) is 6.50. The van der Waals surface area contributed by atoms with Crippen molar-refractivity contribution in [3.8, 4) is 0 Å². The molecule has 0 radical (unpaired) electrons. The lowest BCUT2D eigenvalue weighted by Crippen LogP contribution is -2.28. The number of hydrogen-bond acceptors (Lipinski definition) is 2. The molecule has 2 atom stereocenters. The molecule has 0 heterocycles. The minimum atomic E-state index is -4.50. The third-order valence-corrected chi connectivity index (χ3v) is 4.19. The van der Waals surface area contributed by atoms with Gasteiger partial charge in [0, 0.05) is 12.0 Å². The first-order chi connectivity index (χ1) is 10.3. The predicted octanol–water partition coefficient (Wildman–Crippen LogP) is 4.17. The van der Waals surface area contributed by atoms with Gasteiger partial charge in [0.2, 0.25) is 0 Å². The lowest BCUT2D eigenvalue weighted by molar-refractivity contribution is -0.144. The maximum absolute atomic E-state index is 12.7. The second-order valence-electron chi connectivity index (χ2n) is 5.70. The van der Waals surface area contributed by atoms with Gasteiger partial charge in [0.1, 0.15) is 0 Å². The van der Waals surface area contributed by atoms with Crippen LogP contribution < -0.4 is 0 Å². The molecule has 1 N–H and O–H groups in total. The van der Waals surface area contributed by atoms with E-state index in [1.165, 1.54) is 12.1 Å². The molecule has 0 bridgehead atoms. The largest absolute Gasteiger partial charge is 0.481 e. The number of alkyl halides is 3. The van der Waals surface area contributed by atoms with Crippen LogP contribution in [-0.4, -0.2) is 16.9 Å². The van der Waals surface area contributed by atoms with Crippen LogP contribution in [0.2, 0.25) is 0 Å². The number of carboxylic acids is 1. The number of ketones is 1. The van der Waals surface area contributed by atoms with Gasteiger partial charge < -0.3 is 5.11 Å². The van der Waals surface area contributed by atoms with Gasteiger partial charge in [-0.3, -0.25) is 9.59 Å². The van der Waals surface area contributed by atoms with Crippen LogP contribution in [0.15, 0.2) is 24.3 Å². The first-order valence-electron chi connectivity index (χ1n) is 7.22. The van der Waals surface area contributed by atoms with Crippen LogP contribution in [0.4, 0.5) is 13.2 Å². The lowest BCUT2D eigenvalue weighted by Gasteiger charge is -2.28. The summed E-state index contributed by atoms with van der Waals surface area (Å²) < 4.78 is 38.0. The molecule has 0 aliphatic heterocycles. The molecule has 1 aliphatic rings. The number of aliphatic carboxylic acids is 1. The molecule has 1 aromatic rings. The van der Waals surface area contributed by atoms with Gasteiger partial charge in [-0.15, -0.1) is 0 Å². The van der Waals surface area contributed by atoms with Crippen LogP contribution in [-0.2, 0) is 11.0 Å². The van der Waals surface area contributed by atoms with Crippen molar-refractivity contribution in [2.45, 2.75) is 38.3 Å². The second-order valence-corrected chi connectivity index (χ2v) is 5.70. The van der Waals surface area contributed by atoms with Crippen molar-refractivity contribution in [2.24, 2.45) is 11.8 Å². The quantitative estimate of drug-likeness (QED) is 0.849. The molecule has 1 fully saturated rings. The molecule has 0 unspecified atom stereocenters. The average molecular weight is 314 g/mol. The highest BCUT2D eigenvalue weighted by atomic mass is 19.4. The van der Waals surface area contributed by atoms with Gasteiger partial charge in [0.25, 0.3) is 0 Å². The Morgan fingerprint density at radius 1 is 1.18 bits per heavy atom. The highest BCUT2D eigenvalue weighted by Gasteiger charge is 2.34. The Morgan fingerprint density at radius 2 is 1.86 bits per heavy atom. The van der Waals surface area contributed by atoms with E-state index in [9.17, 15) is 27.9 Å². The first-order valence-corrected chi connectivity index (χ1v) is 7.22. The highest BCUT2D eigenvalue weighted by Crippen LogP contribution is 2.34. The molecule has 1 aromatic carbocycles.